The van der Waals surface area contributed by atoms with Crippen molar-refractivity contribution in [3.63, 3.8) is 0 Å². The van der Waals surface area contributed by atoms with Crippen molar-refractivity contribution in [1.29, 1.82) is 0 Å². The quantitative estimate of drug-likeness (QED) is 0.253. The minimum Gasteiger partial charge on any atom is -0.623 e. The largest absolute Gasteiger partial charge is 0.623 e. The summed E-state index contributed by atoms with van der Waals surface area (Å²) in [5.41, 5.74) is -0.537. The van der Waals surface area contributed by atoms with E-state index in [0.29, 0.717) is 0 Å². The predicted molar refractivity (Wildman–Crippen MR) is 32.6 cm³/mol. The van der Waals surface area contributed by atoms with Gasteiger partial charge in [-0.3, -0.25) is 9.59 Å². The minimum absolute atomic E-state index is 0.269. The number of allylic oxidation sites excluding steroid dienone is 2. The van der Waals surface area contributed by atoms with Gasteiger partial charge in [0.2, 0.25) is 0 Å². The summed E-state index contributed by atoms with van der Waals surface area (Å²) in [6, 6.07) is 0. The van der Waals surface area contributed by atoms with Gasteiger partial charge in [0.15, 0.2) is 11.4 Å². The Morgan fingerprint density at radius 3 is 1.50 bits per heavy atom. The molecule has 4 nitrogen and oxygen atoms in total. The van der Waals surface area contributed by atoms with Crippen LogP contribution in [0.2, 0.25) is 0 Å². The topological polar surface area (TPSA) is 61.6 Å². The molecule has 10 heavy (non-hydrogen) atoms. The van der Waals surface area contributed by atoms with Gasteiger partial charge in [0, 0.05) is 0 Å². The third-order valence-corrected chi connectivity index (χ3v) is 1.30. The molecule has 0 bridgehead atoms. The molecule has 0 spiro atoms. The van der Waals surface area contributed by atoms with E-state index in [1.165, 1.54) is 0 Å². The Labute approximate surface area is 57.0 Å². The van der Waals surface area contributed by atoms with E-state index in [1.54, 1.807) is 0 Å². The van der Waals surface area contributed by atoms with Crippen molar-refractivity contribution in [2.45, 2.75) is 0 Å². The van der Waals surface area contributed by atoms with E-state index in [-0.39, 0.29) is 11.4 Å². The molecule has 1 aliphatic heterocycles. The van der Waals surface area contributed by atoms with E-state index < -0.39 is 16.6 Å². The molecule has 1 N–H and O–H groups in total. The predicted octanol–water partition coefficient (Wildman–Crippen LogP) is -1.45. The van der Waals surface area contributed by atoms with Crippen molar-refractivity contribution < 1.29 is 14.7 Å². The van der Waals surface area contributed by atoms with Crippen LogP contribution in [0, 0.1) is 5.21 Å². The van der Waals surface area contributed by atoms with Gasteiger partial charge in [-0.2, -0.15) is 0 Å². The van der Waals surface area contributed by atoms with Gasteiger partial charge < -0.3 is 10.3 Å². The van der Waals surface area contributed by atoms with Crippen molar-refractivity contribution in [2.75, 3.05) is 0 Å². The summed E-state index contributed by atoms with van der Waals surface area (Å²) in [5.74, 6) is -1.65. The number of hydroxylamine groups is 2. The molecule has 0 aliphatic carbocycles. The third-order valence-electron chi connectivity index (χ3n) is 1.30. The maximum absolute atomic E-state index is 10.7. The Balaban J connectivity index is 3.12. The molecule has 0 amide bonds. The molecule has 1 heterocycles. The fourth-order valence-electron chi connectivity index (χ4n) is 0.662. The van der Waals surface area contributed by atoms with E-state index in [0.717, 1.165) is 0 Å². The number of hydrogen-bond donors (Lipinski definition) is 1. The summed E-state index contributed by atoms with van der Waals surface area (Å²) in [6.45, 7) is 6.27. The summed E-state index contributed by atoms with van der Waals surface area (Å²) < 4.78 is 0. The van der Waals surface area contributed by atoms with Crippen LogP contribution in [0.15, 0.2) is 24.6 Å². The van der Waals surface area contributed by atoms with Crippen molar-refractivity contribution >= 4 is 11.6 Å². The Morgan fingerprint density at radius 2 is 1.40 bits per heavy atom. The second kappa shape index (κ2) is 1.86. The average molecular weight is 139 g/mol. The number of Topliss-reactive ketones (excluding diaryl/α,β-unsaturated/α-hetero) is 2. The molecule has 1 rings (SSSR count). The highest BCUT2D eigenvalue weighted by Crippen LogP contribution is 1.99. The zero-order chi connectivity index (χ0) is 7.89. The Kier molecular flexibility index (Phi) is 1.28. The van der Waals surface area contributed by atoms with Gasteiger partial charge in [0.05, 0.1) is 0 Å². The smallest absolute Gasteiger partial charge is 0.292 e. The van der Waals surface area contributed by atoms with Crippen molar-refractivity contribution in [1.82, 2.24) is 0 Å². The van der Waals surface area contributed by atoms with Crippen LogP contribution in [0.4, 0.5) is 0 Å². The molecule has 0 saturated carbocycles. The lowest BCUT2D eigenvalue weighted by Gasteiger charge is -2.12. The molecule has 4 heteroatoms. The first-order valence-corrected chi connectivity index (χ1v) is 2.57. The van der Waals surface area contributed by atoms with Gasteiger partial charge in [-0.05, 0) is 13.2 Å². The lowest BCUT2D eigenvalue weighted by atomic mass is 10.2. The lowest BCUT2D eigenvalue weighted by molar-refractivity contribution is -0.746. The highest BCUT2D eigenvalue weighted by Gasteiger charge is 2.37. The normalized spacial score (nSPS) is 20.9. The van der Waals surface area contributed by atoms with Crippen molar-refractivity contribution in [3.8, 4) is 0 Å². The van der Waals surface area contributed by atoms with E-state index in [2.05, 4.69) is 13.2 Å². The molecule has 0 aromatic rings. The first kappa shape index (κ1) is 6.85. The summed E-state index contributed by atoms with van der Waals surface area (Å²) >= 11 is 0. The highest BCUT2D eigenvalue weighted by molar-refractivity contribution is 6.49. The maximum Gasteiger partial charge on any atom is 0.292 e. The highest BCUT2D eigenvalue weighted by atomic mass is 16.5. The van der Waals surface area contributed by atoms with Gasteiger partial charge in [-0.25, -0.2) is 0 Å². The van der Waals surface area contributed by atoms with Gasteiger partial charge in [-0.1, -0.05) is 0 Å². The maximum atomic E-state index is 10.7. The van der Waals surface area contributed by atoms with Crippen LogP contribution in [0.5, 0.6) is 0 Å². The molecule has 0 aromatic heterocycles. The molecule has 52 valence electrons. The van der Waals surface area contributed by atoms with Crippen LogP contribution in [0.1, 0.15) is 0 Å². The average Bonchev–Trinajstić information content (AvgIpc) is 2.07. The zero-order valence-electron chi connectivity index (χ0n) is 5.14. The molecule has 0 radical (unpaired) electrons. The van der Waals surface area contributed by atoms with Crippen LogP contribution in [-0.2, 0) is 9.59 Å². The van der Waals surface area contributed by atoms with Crippen molar-refractivity contribution in [3.05, 3.63) is 29.8 Å². The summed E-state index contributed by atoms with van der Waals surface area (Å²) in [6.07, 6.45) is 0. The SMILES string of the molecule is C=C1C(=O)C(=O)C(=C)[NH+]1[O-]. The van der Waals surface area contributed by atoms with E-state index in [9.17, 15) is 14.8 Å². The molecule has 0 unspecified atom stereocenters. The molecule has 1 aliphatic rings. The van der Waals surface area contributed by atoms with Gasteiger partial charge in [0.25, 0.3) is 11.6 Å². The first-order chi connectivity index (χ1) is 4.55. The molecular formula is C6H5NO3. The van der Waals surface area contributed by atoms with E-state index >= 15 is 0 Å². The van der Waals surface area contributed by atoms with Gasteiger partial charge in [0.1, 0.15) is 0 Å². The molecule has 0 atom stereocenters. The van der Waals surface area contributed by atoms with Crippen LogP contribution in [-0.4, -0.2) is 11.6 Å². The molecular weight excluding hydrogens is 134 g/mol. The van der Waals surface area contributed by atoms with E-state index in [1.807, 2.05) is 0 Å². The standard InChI is InChI=1S/C6H5NO3/c1-3-5(8)6(9)4(2)7(3)10/h7H,1-2H2. The Morgan fingerprint density at radius 1 is 1.10 bits per heavy atom. The number of carbonyl (C=O) groups excluding carboxylic acids is 2. The second-order valence-corrected chi connectivity index (χ2v) is 1.94. The minimum atomic E-state index is -0.824. The lowest BCUT2D eigenvalue weighted by Crippen LogP contribution is -3.01. The van der Waals surface area contributed by atoms with Crippen LogP contribution >= 0.6 is 0 Å². The second-order valence-electron chi connectivity index (χ2n) is 1.94. The van der Waals surface area contributed by atoms with Crippen LogP contribution in [0.3, 0.4) is 0 Å². The van der Waals surface area contributed by atoms with Crippen LogP contribution < -0.4 is 5.06 Å². The van der Waals surface area contributed by atoms with Crippen LogP contribution in [0.25, 0.3) is 0 Å². The number of hydrogen-bond acceptors (Lipinski definition) is 3. The molecule has 1 saturated heterocycles. The molecule has 0 aromatic carbocycles. The van der Waals surface area contributed by atoms with E-state index in [4.69, 9.17) is 0 Å². The number of ketones is 2. The number of quaternary nitrogens is 1. The Hall–Kier alpha value is -1.26. The van der Waals surface area contributed by atoms with Gasteiger partial charge >= 0.3 is 0 Å². The Bertz CT molecular complexity index is 228. The summed E-state index contributed by atoms with van der Waals surface area (Å²) in [5, 5.41) is 10.1. The van der Waals surface area contributed by atoms with Gasteiger partial charge in [-0.15, -0.1) is 0 Å². The number of rotatable bonds is 0. The monoisotopic (exact) mass is 139 g/mol. The zero-order valence-corrected chi connectivity index (χ0v) is 5.14. The third kappa shape index (κ3) is 0.632. The summed E-state index contributed by atoms with van der Waals surface area (Å²) in [7, 11) is 0. The van der Waals surface area contributed by atoms with Crippen molar-refractivity contribution in [2.24, 2.45) is 0 Å². The fraction of sp³-hybridized carbons (Fsp3) is 0. The molecule has 1 fully saturated rings. The first-order valence-electron chi connectivity index (χ1n) is 2.57. The summed E-state index contributed by atoms with van der Waals surface area (Å²) in [4.78, 5) is 21.2. The number of carbonyl (C=O) groups is 2. The fourth-order valence-corrected chi connectivity index (χ4v) is 0.662. The number of nitrogens with one attached hydrogen (secondary N) is 1.